The maximum absolute atomic E-state index is 12.7. The van der Waals surface area contributed by atoms with Gasteiger partial charge in [-0.1, -0.05) is 30.3 Å². The molecule has 0 radical (unpaired) electrons. The van der Waals surface area contributed by atoms with Crippen LogP contribution in [0.4, 0.5) is 0 Å². The van der Waals surface area contributed by atoms with Gasteiger partial charge in [-0.2, -0.15) is 0 Å². The van der Waals surface area contributed by atoms with Gasteiger partial charge in [-0.25, -0.2) is 0 Å². The molecule has 5 heteroatoms. The number of hydrogen-bond donors (Lipinski definition) is 1. The molecule has 2 aromatic rings. The molecule has 0 aliphatic carbocycles. The van der Waals surface area contributed by atoms with E-state index < -0.39 is 0 Å². The Bertz CT molecular complexity index is 783. The number of hydrogen-bond acceptors (Lipinski definition) is 2. The largest absolute Gasteiger partial charge is 0.349 e. The summed E-state index contributed by atoms with van der Waals surface area (Å²) < 4.78 is 0.949. The molecule has 0 spiro atoms. The molecule has 1 aliphatic rings. The highest BCUT2D eigenvalue weighted by atomic mass is 127. The average Bonchev–Trinajstić information content (AvgIpc) is 2.62. The van der Waals surface area contributed by atoms with Crippen molar-refractivity contribution in [2.75, 3.05) is 13.1 Å². The fraction of sp³-hybridized carbons (Fsp3) is 0.300. The summed E-state index contributed by atoms with van der Waals surface area (Å²) in [7, 11) is 0. The van der Waals surface area contributed by atoms with E-state index in [2.05, 4.69) is 27.9 Å². The van der Waals surface area contributed by atoms with E-state index in [4.69, 9.17) is 0 Å². The van der Waals surface area contributed by atoms with Gasteiger partial charge in [0.25, 0.3) is 11.8 Å². The van der Waals surface area contributed by atoms with E-state index in [1.165, 1.54) is 0 Å². The van der Waals surface area contributed by atoms with Gasteiger partial charge < -0.3 is 10.2 Å². The van der Waals surface area contributed by atoms with Gasteiger partial charge in [0.1, 0.15) is 0 Å². The average molecular weight is 448 g/mol. The van der Waals surface area contributed by atoms with Gasteiger partial charge in [0.05, 0.1) is 5.56 Å². The van der Waals surface area contributed by atoms with E-state index in [1.807, 2.05) is 60.4 Å². The number of aryl methyl sites for hydroxylation is 1. The van der Waals surface area contributed by atoms with E-state index in [-0.39, 0.29) is 17.9 Å². The molecule has 0 atom stereocenters. The lowest BCUT2D eigenvalue weighted by Gasteiger charge is -2.32. The predicted octanol–water partition coefficient (Wildman–Crippen LogP) is 3.63. The minimum absolute atomic E-state index is 0.0336. The van der Waals surface area contributed by atoms with Crippen molar-refractivity contribution in [3.8, 4) is 0 Å². The van der Waals surface area contributed by atoms with Gasteiger partial charge in [0.15, 0.2) is 0 Å². The van der Waals surface area contributed by atoms with Crippen molar-refractivity contribution >= 4 is 34.4 Å². The van der Waals surface area contributed by atoms with E-state index in [9.17, 15) is 9.59 Å². The van der Waals surface area contributed by atoms with Crippen molar-refractivity contribution < 1.29 is 9.59 Å². The van der Waals surface area contributed by atoms with Crippen LogP contribution < -0.4 is 5.32 Å². The number of rotatable bonds is 3. The SMILES string of the molecule is Cc1ccccc1C(=O)N1CCC(NC(=O)c2ccccc2I)CC1. The second kappa shape index (κ2) is 7.99. The first kappa shape index (κ1) is 17.9. The first-order chi connectivity index (χ1) is 12.1. The van der Waals surface area contributed by atoms with Gasteiger partial charge in [-0.3, -0.25) is 9.59 Å². The minimum Gasteiger partial charge on any atom is -0.349 e. The third-order valence-corrected chi connectivity index (χ3v) is 5.55. The normalized spacial score (nSPS) is 15.0. The summed E-state index contributed by atoms with van der Waals surface area (Å²) in [6.45, 7) is 3.30. The molecule has 4 nitrogen and oxygen atoms in total. The second-order valence-electron chi connectivity index (χ2n) is 6.33. The number of nitrogens with one attached hydrogen (secondary N) is 1. The van der Waals surface area contributed by atoms with Crippen LogP contribution in [0.15, 0.2) is 48.5 Å². The summed E-state index contributed by atoms with van der Waals surface area (Å²) in [5.41, 5.74) is 2.48. The Labute approximate surface area is 161 Å². The number of likely N-dealkylation sites (tertiary alicyclic amines) is 1. The number of halogens is 1. The standard InChI is InChI=1S/C20H21IN2O2/c1-14-6-2-3-7-16(14)20(25)23-12-10-15(11-13-23)22-19(24)17-8-4-5-9-18(17)21/h2-9,15H,10-13H2,1H3,(H,22,24). The van der Waals surface area contributed by atoms with Crippen molar-refractivity contribution in [1.82, 2.24) is 10.2 Å². The zero-order valence-corrected chi connectivity index (χ0v) is 16.3. The first-order valence-corrected chi connectivity index (χ1v) is 9.54. The molecule has 0 unspecified atom stereocenters. The summed E-state index contributed by atoms with van der Waals surface area (Å²) in [5.74, 6) is 0.0502. The maximum Gasteiger partial charge on any atom is 0.254 e. The monoisotopic (exact) mass is 448 g/mol. The van der Waals surface area contributed by atoms with Gasteiger partial charge in [-0.15, -0.1) is 0 Å². The smallest absolute Gasteiger partial charge is 0.254 e. The lowest BCUT2D eigenvalue weighted by molar-refractivity contribution is 0.0697. The van der Waals surface area contributed by atoms with Crippen molar-refractivity contribution in [1.29, 1.82) is 0 Å². The molecule has 1 heterocycles. The Kier molecular flexibility index (Phi) is 5.73. The third-order valence-electron chi connectivity index (χ3n) is 4.61. The molecular weight excluding hydrogens is 427 g/mol. The van der Waals surface area contributed by atoms with Crippen molar-refractivity contribution in [3.05, 3.63) is 68.8 Å². The van der Waals surface area contributed by atoms with Crippen LogP contribution in [0.25, 0.3) is 0 Å². The Morgan fingerprint density at radius 1 is 1.00 bits per heavy atom. The van der Waals surface area contributed by atoms with E-state index in [0.717, 1.165) is 27.5 Å². The highest BCUT2D eigenvalue weighted by Gasteiger charge is 2.25. The first-order valence-electron chi connectivity index (χ1n) is 8.46. The molecule has 2 aromatic carbocycles. The van der Waals surface area contributed by atoms with Crippen LogP contribution in [-0.4, -0.2) is 35.8 Å². The van der Waals surface area contributed by atoms with Crippen LogP contribution in [0.2, 0.25) is 0 Å². The van der Waals surface area contributed by atoms with E-state index in [1.54, 1.807) is 0 Å². The maximum atomic E-state index is 12.7. The van der Waals surface area contributed by atoms with Crippen LogP contribution in [-0.2, 0) is 0 Å². The lowest BCUT2D eigenvalue weighted by atomic mass is 10.0. The van der Waals surface area contributed by atoms with Crippen molar-refractivity contribution in [2.24, 2.45) is 0 Å². The molecule has 25 heavy (non-hydrogen) atoms. The summed E-state index contributed by atoms with van der Waals surface area (Å²) >= 11 is 2.18. The summed E-state index contributed by atoms with van der Waals surface area (Å²) in [6.07, 6.45) is 1.57. The fourth-order valence-electron chi connectivity index (χ4n) is 3.12. The molecular formula is C20H21IN2O2. The zero-order valence-electron chi connectivity index (χ0n) is 14.2. The quantitative estimate of drug-likeness (QED) is 0.730. The van der Waals surface area contributed by atoms with Gasteiger partial charge in [0, 0.05) is 28.3 Å². The van der Waals surface area contributed by atoms with Crippen LogP contribution >= 0.6 is 22.6 Å². The third kappa shape index (κ3) is 4.21. The number of carbonyl (C=O) groups is 2. The topological polar surface area (TPSA) is 49.4 Å². The summed E-state index contributed by atoms with van der Waals surface area (Å²) in [6, 6.07) is 15.4. The molecule has 0 saturated carbocycles. The van der Waals surface area contributed by atoms with Gasteiger partial charge >= 0.3 is 0 Å². The molecule has 1 fully saturated rings. The molecule has 1 saturated heterocycles. The van der Waals surface area contributed by atoms with Crippen LogP contribution in [0, 0.1) is 10.5 Å². The van der Waals surface area contributed by atoms with Crippen LogP contribution in [0.5, 0.6) is 0 Å². The fourth-order valence-corrected chi connectivity index (χ4v) is 3.75. The Morgan fingerprint density at radius 2 is 1.60 bits per heavy atom. The second-order valence-corrected chi connectivity index (χ2v) is 7.50. The number of benzene rings is 2. The Morgan fingerprint density at radius 3 is 2.24 bits per heavy atom. The number of amides is 2. The number of nitrogens with zero attached hydrogens (tertiary/aromatic N) is 1. The highest BCUT2D eigenvalue weighted by Crippen LogP contribution is 2.17. The molecule has 3 rings (SSSR count). The Balaban J connectivity index is 1.57. The molecule has 1 aliphatic heterocycles. The van der Waals surface area contributed by atoms with E-state index in [0.29, 0.717) is 18.7 Å². The minimum atomic E-state index is -0.0336. The zero-order chi connectivity index (χ0) is 17.8. The predicted molar refractivity (Wildman–Crippen MR) is 107 cm³/mol. The van der Waals surface area contributed by atoms with Crippen LogP contribution in [0.1, 0.15) is 39.1 Å². The summed E-state index contributed by atoms with van der Waals surface area (Å²) in [5, 5.41) is 3.10. The van der Waals surface area contributed by atoms with Gasteiger partial charge in [-0.05, 0) is 66.1 Å². The van der Waals surface area contributed by atoms with Crippen molar-refractivity contribution in [3.63, 3.8) is 0 Å². The molecule has 2 amide bonds. The van der Waals surface area contributed by atoms with Crippen LogP contribution in [0.3, 0.4) is 0 Å². The molecule has 0 bridgehead atoms. The molecule has 130 valence electrons. The lowest BCUT2D eigenvalue weighted by Crippen LogP contribution is -2.46. The number of carbonyl (C=O) groups excluding carboxylic acids is 2. The van der Waals surface area contributed by atoms with Crippen molar-refractivity contribution in [2.45, 2.75) is 25.8 Å². The molecule has 0 aromatic heterocycles. The highest BCUT2D eigenvalue weighted by molar-refractivity contribution is 14.1. The van der Waals surface area contributed by atoms with Gasteiger partial charge in [0.2, 0.25) is 0 Å². The number of piperidine rings is 1. The Hall–Kier alpha value is -1.89. The molecule has 1 N–H and O–H groups in total. The van der Waals surface area contributed by atoms with E-state index >= 15 is 0 Å². The summed E-state index contributed by atoms with van der Waals surface area (Å²) in [4.78, 5) is 27.0.